The van der Waals surface area contributed by atoms with E-state index in [4.69, 9.17) is 5.73 Å². The van der Waals surface area contributed by atoms with Crippen molar-refractivity contribution in [2.45, 2.75) is 13.5 Å². The molecular weight excluding hydrogens is 212 g/mol. The molecule has 2 heterocycles. The number of nitrogen functional groups attached to an aromatic ring is 1. The largest absolute Gasteiger partial charge is 0.384 e. The second kappa shape index (κ2) is 4.82. The lowest BCUT2D eigenvalue weighted by atomic mass is 10.3. The SMILES string of the molecule is Cc1cccc(CN(C)c2ccc(N)nc2)n1. The fourth-order valence-corrected chi connectivity index (χ4v) is 1.65. The van der Waals surface area contributed by atoms with Gasteiger partial charge in [0.2, 0.25) is 0 Å². The van der Waals surface area contributed by atoms with Gasteiger partial charge in [0, 0.05) is 12.7 Å². The monoisotopic (exact) mass is 228 g/mol. The van der Waals surface area contributed by atoms with Gasteiger partial charge in [-0.1, -0.05) is 6.07 Å². The third-order valence-corrected chi connectivity index (χ3v) is 2.56. The Labute approximate surface area is 101 Å². The minimum atomic E-state index is 0.538. The Hall–Kier alpha value is -2.10. The average molecular weight is 228 g/mol. The number of rotatable bonds is 3. The fourth-order valence-electron chi connectivity index (χ4n) is 1.65. The molecule has 0 saturated carbocycles. The van der Waals surface area contributed by atoms with Gasteiger partial charge in [0.15, 0.2) is 0 Å². The molecule has 0 saturated heterocycles. The number of anilines is 2. The number of aromatic nitrogens is 2. The van der Waals surface area contributed by atoms with E-state index in [0.29, 0.717) is 5.82 Å². The van der Waals surface area contributed by atoms with Crippen LogP contribution in [0.1, 0.15) is 11.4 Å². The van der Waals surface area contributed by atoms with Crippen molar-refractivity contribution >= 4 is 11.5 Å². The highest BCUT2D eigenvalue weighted by Crippen LogP contribution is 2.14. The predicted octanol–water partition coefficient (Wildman–Crippen LogP) is 2.00. The first-order chi connectivity index (χ1) is 8.15. The molecule has 2 aromatic heterocycles. The van der Waals surface area contributed by atoms with Crippen LogP contribution in [0.15, 0.2) is 36.5 Å². The zero-order chi connectivity index (χ0) is 12.3. The minimum absolute atomic E-state index is 0.538. The Morgan fingerprint density at radius 3 is 2.71 bits per heavy atom. The summed E-state index contributed by atoms with van der Waals surface area (Å²) in [6.07, 6.45) is 1.77. The van der Waals surface area contributed by atoms with Crippen LogP contribution in [0.4, 0.5) is 11.5 Å². The van der Waals surface area contributed by atoms with E-state index in [1.807, 2.05) is 38.2 Å². The number of nitrogens with zero attached hydrogens (tertiary/aromatic N) is 3. The van der Waals surface area contributed by atoms with Gasteiger partial charge in [0.05, 0.1) is 24.1 Å². The molecule has 4 nitrogen and oxygen atoms in total. The van der Waals surface area contributed by atoms with Crippen LogP contribution < -0.4 is 10.6 Å². The molecule has 0 aromatic carbocycles. The Balaban J connectivity index is 2.11. The third-order valence-electron chi connectivity index (χ3n) is 2.56. The van der Waals surface area contributed by atoms with E-state index in [2.05, 4.69) is 14.9 Å². The van der Waals surface area contributed by atoms with E-state index >= 15 is 0 Å². The van der Waals surface area contributed by atoms with Crippen LogP contribution in [0.2, 0.25) is 0 Å². The highest BCUT2D eigenvalue weighted by Gasteiger charge is 2.03. The maximum absolute atomic E-state index is 5.56. The molecule has 0 aliphatic heterocycles. The van der Waals surface area contributed by atoms with Gasteiger partial charge in [-0.2, -0.15) is 0 Å². The van der Waals surface area contributed by atoms with Crippen LogP contribution in [-0.4, -0.2) is 17.0 Å². The molecule has 2 aromatic rings. The number of aryl methyl sites for hydroxylation is 1. The maximum atomic E-state index is 5.56. The van der Waals surface area contributed by atoms with Crippen molar-refractivity contribution in [1.29, 1.82) is 0 Å². The molecule has 2 N–H and O–H groups in total. The molecule has 0 amide bonds. The van der Waals surface area contributed by atoms with E-state index < -0.39 is 0 Å². The lowest BCUT2D eigenvalue weighted by Crippen LogP contribution is -2.17. The minimum Gasteiger partial charge on any atom is -0.384 e. The Kier molecular flexibility index (Phi) is 3.23. The van der Waals surface area contributed by atoms with Gasteiger partial charge in [-0.15, -0.1) is 0 Å². The topological polar surface area (TPSA) is 55.0 Å². The van der Waals surface area contributed by atoms with Crippen LogP contribution in [0.3, 0.4) is 0 Å². The highest BCUT2D eigenvalue weighted by molar-refractivity contribution is 5.47. The van der Waals surface area contributed by atoms with Gasteiger partial charge in [-0.05, 0) is 31.2 Å². The molecule has 0 atom stereocenters. The molecule has 17 heavy (non-hydrogen) atoms. The molecule has 0 fully saturated rings. The summed E-state index contributed by atoms with van der Waals surface area (Å²) in [4.78, 5) is 10.6. The Bertz CT molecular complexity index is 493. The molecule has 0 unspecified atom stereocenters. The van der Waals surface area contributed by atoms with Crippen LogP contribution in [0.25, 0.3) is 0 Å². The molecular formula is C13H16N4. The summed E-state index contributed by atoms with van der Waals surface area (Å²) >= 11 is 0. The molecule has 4 heteroatoms. The quantitative estimate of drug-likeness (QED) is 0.873. The summed E-state index contributed by atoms with van der Waals surface area (Å²) in [6, 6.07) is 9.79. The number of pyridine rings is 2. The number of hydrogen-bond acceptors (Lipinski definition) is 4. The molecule has 0 bridgehead atoms. The van der Waals surface area contributed by atoms with Gasteiger partial charge >= 0.3 is 0 Å². The zero-order valence-corrected chi connectivity index (χ0v) is 10.1. The zero-order valence-electron chi connectivity index (χ0n) is 10.1. The van der Waals surface area contributed by atoms with Crippen LogP contribution in [0, 0.1) is 6.92 Å². The molecule has 0 aliphatic rings. The van der Waals surface area contributed by atoms with Crippen LogP contribution in [0.5, 0.6) is 0 Å². The van der Waals surface area contributed by atoms with Crippen molar-refractivity contribution in [3.8, 4) is 0 Å². The molecule has 0 aliphatic carbocycles. The summed E-state index contributed by atoms with van der Waals surface area (Å²) in [5, 5.41) is 0. The summed E-state index contributed by atoms with van der Waals surface area (Å²) < 4.78 is 0. The van der Waals surface area contributed by atoms with E-state index in [1.54, 1.807) is 12.3 Å². The first-order valence-corrected chi connectivity index (χ1v) is 5.50. The smallest absolute Gasteiger partial charge is 0.123 e. The van der Waals surface area contributed by atoms with E-state index in [1.165, 1.54) is 0 Å². The second-order valence-electron chi connectivity index (χ2n) is 4.07. The molecule has 2 rings (SSSR count). The summed E-state index contributed by atoms with van der Waals surface area (Å²) in [5.74, 6) is 0.538. The maximum Gasteiger partial charge on any atom is 0.123 e. The van der Waals surface area contributed by atoms with E-state index in [-0.39, 0.29) is 0 Å². The molecule has 88 valence electrons. The lowest BCUT2D eigenvalue weighted by Gasteiger charge is -2.18. The fraction of sp³-hybridized carbons (Fsp3) is 0.231. The van der Waals surface area contributed by atoms with Crippen molar-refractivity contribution < 1.29 is 0 Å². The predicted molar refractivity (Wildman–Crippen MR) is 69.7 cm³/mol. The Morgan fingerprint density at radius 2 is 2.06 bits per heavy atom. The van der Waals surface area contributed by atoms with Gasteiger partial charge in [0.25, 0.3) is 0 Å². The number of nitrogens with two attached hydrogens (primary N) is 1. The van der Waals surface area contributed by atoms with Gasteiger partial charge in [0.1, 0.15) is 5.82 Å². The second-order valence-corrected chi connectivity index (χ2v) is 4.07. The summed E-state index contributed by atoms with van der Waals surface area (Å²) in [7, 11) is 2.01. The van der Waals surface area contributed by atoms with E-state index in [9.17, 15) is 0 Å². The van der Waals surface area contributed by atoms with Crippen molar-refractivity contribution in [3.63, 3.8) is 0 Å². The van der Waals surface area contributed by atoms with Crippen LogP contribution >= 0.6 is 0 Å². The first kappa shape index (κ1) is 11.4. The van der Waals surface area contributed by atoms with E-state index in [0.717, 1.165) is 23.6 Å². The summed E-state index contributed by atoms with van der Waals surface area (Å²) in [6.45, 7) is 2.75. The van der Waals surface area contributed by atoms with Gasteiger partial charge < -0.3 is 10.6 Å². The van der Waals surface area contributed by atoms with Gasteiger partial charge in [-0.25, -0.2) is 4.98 Å². The van der Waals surface area contributed by atoms with Gasteiger partial charge in [-0.3, -0.25) is 4.98 Å². The average Bonchev–Trinajstić information content (AvgIpc) is 2.29. The highest BCUT2D eigenvalue weighted by atomic mass is 15.1. The molecule has 0 spiro atoms. The van der Waals surface area contributed by atoms with Crippen molar-refractivity contribution in [2.75, 3.05) is 17.7 Å². The Morgan fingerprint density at radius 1 is 1.24 bits per heavy atom. The number of hydrogen-bond donors (Lipinski definition) is 1. The standard InChI is InChI=1S/C13H16N4/c1-10-4-3-5-11(16-10)9-17(2)12-6-7-13(14)15-8-12/h3-8H,9H2,1-2H3,(H2,14,15). The molecule has 0 radical (unpaired) electrons. The lowest BCUT2D eigenvalue weighted by molar-refractivity contribution is 0.874. The van der Waals surface area contributed by atoms with Crippen LogP contribution in [-0.2, 0) is 6.54 Å². The normalized spacial score (nSPS) is 10.2. The van der Waals surface area contributed by atoms with Crippen molar-refractivity contribution in [3.05, 3.63) is 47.9 Å². The first-order valence-electron chi connectivity index (χ1n) is 5.50. The van der Waals surface area contributed by atoms with Crippen molar-refractivity contribution in [1.82, 2.24) is 9.97 Å². The summed E-state index contributed by atoms with van der Waals surface area (Å²) in [5.41, 5.74) is 8.67. The van der Waals surface area contributed by atoms with Crippen molar-refractivity contribution in [2.24, 2.45) is 0 Å². The third kappa shape index (κ3) is 2.93.